The zero-order valence-corrected chi connectivity index (χ0v) is 11.0. The molecule has 0 spiro atoms. The molecule has 18 heavy (non-hydrogen) atoms. The summed E-state index contributed by atoms with van der Waals surface area (Å²) in [6, 6.07) is 0. The Labute approximate surface area is 105 Å². The molecule has 4 N–H and O–H groups in total. The second-order valence-corrected chi connectivity index (χ2v) is 4.72. The number of methoxy groups -OCH3 is 1. The molecule has 100 valence electrons. The number of nitrogen functional groups attached to an aromatic ring is 1. The van der Waals surface area contributed by atoms with Gasteiger partial charge >= 0.3 is 5.97 Å². The van der Waals surface area contributed by atoms with Gasteiger partial charge in [0.2, 0.25) is 5.91 Å². The van der Waals surface area contributed by atoms with Gasteiger partial charge in [-0.3, -0.25) is 4.79 Å². The fourth-order valence-electron chi connectivity index (χ4n) is 1.50. The highest BCUT2D eigenvalue weighted by Crippen LogP contribution is 2.23. The Bertz CT molecular complexity index is 491. The fraction of sp³-hybridized carbons (Fsp3) is 0.545. The van der Waals surface area contributed by atoms with E-state index in [-0.39, 0.29) is 18.1 Å². The number of carbonyl (C=O) groups is 2. The minimum absolute atomic E-state index is 0.0512. The third-order valence-corrected chi connectivity index (χ3v) is 2.80. The number of imidazole rings is 1. The zero-order chi connectivity index (χ0) is 14.1. The Balaban J connectivity index is 3.16. The van der Waals surface area contributed by atoms with Gasteiger partial charge in [0.25, 0.3) is 0 Å². The van der Waals surface area contributed by atoms with Gasteiger partial charge in [-0.15, -0.1) is 0 Å². The molecular weight excluding hydrogens is 236 g/mol. The van der Waals surface area contributed by atoms with E-state index in [0.717, 1.165) is 0 Å². The van der Waals surface area contributed by atoms with Crippen LogP contribution in [0.2, 0.25) is 0 Å². The number of rotatable bonds is 4. The summed E-state index contributed by atoms with van der Waals surface area (Å²) in [5.74, 6) is -0.350. The largest absolute Gasteiger partial charge is 0.464 e. The summed E-state index contributed by atoms with van der Waals surface area (Å²) >= 11 is 0. The van der Waals surface area contributed by atoms with E-state index in [4.69, 9.17) is 11.5 Å². The number of hydrogen-bond acceptors (Lipinski definition) is 5. The summed E-state index contributed by atoms with van der Waals surface area (Å²) in [7, 11) is 1.25. The van der Waals surface area contributed by atoms with Crippen molar-refractivity contribution < 1.29 is 14.3 Å². The lowest BCUT2D eigenvalue weighted by Gasteiger charge is -2.22. The lowest BCUT2D eigenvalue weighted by Crippen LogP contribution is -2.36. The van der Waals surface area contributed by atoms with Gasteiger partial charge in [-0.1, -0.05) is 0 Å². The predicted molar refractivity (Wildman–Crippen MR) is 65.7 cm³/mol. The topological polar surface area (TPSA) is 113 Å². The molecule has 0 saturated heterocycles. The first-order valence-corrected chi connectivity index (χ1v) is 5.41. The molecule has 0 radical (unpaired) electrons. The van der Waals surface area contributed by atoms with Crippen LogP contribution in [0.3, 0.4) is 0 Å². The Morgan fingerprint density at radius 2 is 2.00 bits per heavy atom. The van der Waals surface area contributed by atoms with Crippen LogP contribution in [-0.4, -0.2) is 28.5 Å². The summed E-state index contributed by atoms with van der Waals surface area (Å²) in [4.78, 5) is 26.8. The predicted octanol–water partition coefficient (Wildman–Crippen LogP) is 0.0718. The highest BCUT2D eigenvalue weighted by atomic mass is 16.5. The number of nitrogens with zero attached hydrogens (tertiary/aromatic N) is 2. The molecule has 0 aliphatic heterocycles. The van der Waals surface area contributed by atoms with Crippen molar-refractivity contribution in [2.75, 3.05) is 12.8 Å². The number of hydrogen-bond donors (Lipinski definition) is 2. The number of primary amides is 1. The normalized spacial score (nSPS) is 11.3. The maximum atomic E-state index is 11.4. The first-order valence-electron chi connectivity index (χ1n) is 5.41. The van der Waals surface area contributed by atoms with Crippen molar-refractivity contribution >= 4 is 17.7 Å². The van der Waals surface area contributed by atoms with Gasteiger partial charge in [0.1, 0.15) is 11.6 Å². The molecule has 0 aliphatic rings. The summed E-state index contributed by atoms with van der Waals surface area (Å²) in [5, 5.41) is 0. The van der Waals surface area contributed by atoms with Gasteiger partial charge in [0.15, 0.2) is 5.69 Å². The van der Waals surface area contributed by atoms with Crippen LogP contribution in [0.25, 0.3) is 0 Å². The van der Waals surface area contributed by atoms with Crippen LogP contribution in [-0.2, 0) is 16.1 Å². The van der Waals surface area contributed by atoms with Crippen LogP contribution in [0.1, 0.15) is 30.2 Å². The molecule has 0 fully saturated rings. The SMILES string of the molecule is COC(=O)c1nc(C)n(CC(C)(C)C(N)=O)c1N. The van der Waals surface area contributed by atoms with Crippen molar-refractivity contribution in [2.24, 2.45) is 11.1 Å². The fourth-order valence-corrected chi connectivity index (χ4v) is 1.50. The van der Waals surface area contributed by atoms with E-state index in [1.54, 1.807) is 25.3 Å². The lowest BCUT2D eigenvalue weighted by atomic mass is 9.92. The first-order chi connectivity index (χ1) is 8.20. The number of anilines is 1. The molecule has 1 heterocycles. The molecule has 0 saturated carbocycles. The smallest absolute Gasteiger partial charge is 0.360 e. The number of carbonyl (C=O) groups excluding carboxylic acids is 2. The van der Waals surface area contributed by atoms with Crippen molar-refractivity contribution in [3.63, 3.8) is 0 Å². The van der Waals surface area contributed by atoms with Gasteiger partial charge in [-0.25, -0.2) is 9.78 Å². The molecule has 7 heteroatoms. The molecule has 0 atom stereocenters. The molecule has 1 aromatic heterocycles. The first kappa shape index (κ1) is 14.0. The second kappa shape index (κ2) is 4.67. The Hall–Kier alpha value is -2.05. The maximum absolute atomic E-state index is 11.4. The number of amides is 1. The van der Waals surface area contributed by atoms with Crippen LogP contribution < -0.4 is 11.5 Å². The molecule has 0 aromatic carbocycles. The maximum Gasteiger partial charge on any atom is 0.360 e. The van der Waals surface area contributed by atoms with Gasteiger partial charge in [-0.2, -0.15) is 0 Å². The average Bonchev–Trinajstić information content (AvgIpc) is 2.55. The number of esters is 1. The van der Waals surface area contributed by atoms with E-state index in [1.165, 1.54) is 7.11 Å². The van der Waals surface area contributed by atoms with Crippen LogP contribution in [0, 0.1) is 12.3 Å². The van der Waals surface area contributed by atoms with Gasteiger partial charge in [0.05, 0.1) is 12.5 Å². The summed E-state index contributed by atoms with van der Waals surface area (Å²) in [5.41, 5.74) is 10.4. The molecular formula is C11H18N4O3. The molecule has 0 unspecified atom stereocenters. The molecule has 0 bridgehead atoms. The van der Waals surface area contributed by atoms with E-state index >= 15 is 0 Å². The average molecular weight is 254 g/mol. The number of nitrogens with two attached hydrogens (primary N) is 2. The Morgan fingerprint density at radius 3 is 2.44 bits per heavy atom. The Morgan fingerprint density at radius 1 is 1.44 bits per heavy atom. The third-order valence-electron chi connectivity index (χ3n) is 2.80. The van der Waals surface area contributed by atoms with Crippen LogP contribution in [0.15, 0.2) is 0 Å². The number of aryl methyl sites for hydroxylation is 1. The number of ether oxygens (including phenoxy) is 1. The van der Waals surface area contributed by atoms with Crippen molar-refractivity contribution in [3.8, 4) is 0 Å². The lowest BCUT2D eigenvalue weighted by molar-refractivity contribution is -0.126. The quantitative estimate of drug-likeness (QED) is 0.738. The minimum Gasteiger partial charge on any atom is -0.464 e. The van der Waals surface area contributed by atoms with E-state index in [1.807, 2.05) is 0 Å². The molecule has 1 rings (SSSR count). The van der Waals surface area contributed by atoms with Crippen LogP contribution in [0.4, 0.5) is 5.82 Å². The molecule has 0 aliphatic carbocycles. The van der Waals surface area contributed by atoms with Gasteiger partial charge < -0.3 is 20.8 Å². The van der Waals surface area contributed by atoms with E-state index < -0.39 is 17.3 Å². The molecule has 7 nitrogen and oxygen atoms in total. The summed E-state index contributed by atoms with van der Waals surface area (Å²) in [6.07, 6.45) is 0. The van der Waals surface area contributed by atoms with Crippen molar-refractivity contribution in [2.45, 2.75) is 27.3 Å². The highest BCUT2D eigenvalue weighted by Gasteiger charge is 2.29. The van der Waals surface area contributed by atoms with E-state index in [0.29, 0.717) is 5.82 Å². The number of aromatic nitrogens is 2. The molecule has 1 aromatic rings. The summed E-state index contributed by atoms with van der Waals surface area (Å²) < 4.78 is 6.16. The third kappa shape index (κ3) is 2.44. The van der Waals surface area contributed by atoms with E-state index in [2.05, 4.69) is 9.72 Å². The second-order valence-electron chi connectivity index (χ2n) is 4.72. The Kier molecular flexibility index (Phi) is 3.64. The van der Waals surface area contributed by atoms with Gasteiger partial charge in [-0.05, 0) is 20.8 Å². The molecule has 1 amide bonds. The highest BCUT2D eigenvalue weighted by molar-refractivity contribution is 5.92. The van der Waals surface area contributed by atoms with Crippen molar-refractivity contribution in [1.82, 2.24) is 9.55 Å². The van der Waals surface area contributed by atoms with Crippen molar-refractivity contribution in [1.29, 1.82) is 0 Å². The van der Waals surface area contributed by atoms with E-state index in [9.17, 15) is 9.59 Å². The van der Waals surface area contributed by atoms with Crippen LogP contribution in [0.5, 0.6) is 0 Å². The minimum atomic E-state index is -0.785. The van der Waals surface area contributed by atoms with Crippen LogP contribution >= 0.6 is 0 Å². The van der Waals surface area contributed by atoms with Gasteiger partial charge in [0, 0.05) is 6.54 Å². The zero-order valence-electron chi connectivity index (χ0n) is 11.0. The summed E-state index contributed by atoms with van der Waals surface area (Å²) in [6.45, 7) is 5.35. The standard InChI is InChI=1S/C11H18N4O3/c1-6-14-7(9(16)18-4)8(12)15(6)5-11(2,3)10(13)17/h5,12H2,1-4H3,(H2,13,17). The van der Waals surface area contributed by atoms with Crippen molar-refractivity contribution in [3.05, 3.63) is 11.5 Å². The monoisotopic (exact) mass is 254 g/mol.